The van der Waals surface area contributed by atoms with Gasteiger partial charge < -0.3 is 0 Å². The first-order valence-corrected chi connectivity index (χ1v) is 21.1. The van der Waals surface area contributed by atoms with Gasteiger partial charge in [0.1, 0.15) is 0 Å². The van der Waals surface area contributed by atoms with E-state index in [0.717, 1.165) is 16.2 Å². The summed E-state index contributed by atoms with van der Waals surface area (Å²) in [6.45, 7) is 19.5. The van der Waals surface area contributed by atoms with Crippen molar-refractivity contribution >= 4 is 39.6 Å². The standard InChI is InChI=1S/C25H33N.C10H11NO3.2ClH.Ru/c1-18(2)21-14-11-15-22(19(3)4)23(21)26-17-25(7,16-24(26,5)6)20-12-9-8-10-13-20;1-7(2)14-10-5-4-9(11(12)13)6-8(10)3;;;/h8-15,18-19H,16H2,1-7H3;3-7H,1-2H3;2*1H;/q;;;;+2/p-2. The van der Waals surface area contributed by atoms with E-state index in [4.69, 9.17) is 24.1 Å². The van der Waals surface area contributed by atoms with Crippen molar-refractivity contribution < 1.29 is 21.6 Å². The van der Waals surface area contributed by atoms with Gasteiger partial charge in [-0.15, -0.1) is 0 Å². The molecule has 4 rings (SSSR count). The van der Waals surface area contributed by atoms with Crippen LogP contribution in [0.1, 0.15) is 103 Å². The van der Waals surface area contributed by atoms with Gasteiger partial charge in [-0.05, 0) is 0 Å². The zero-order chi connectivity index (χ0) is 31.9. The molecule has 3 aromatic rings. The fourth-order valence-electron chi connectivity index (χ4n) is 6.35. The molecule has 0 aromatic heterocycles. The van der Waals surface area contributed by atoms with Gasteiger partial charge in [0, 0.05) is 0 Å². The van der Waals surface area contributed by atoms with Gasteiger partial charge in [-0.3, -0.25) is 0 Å². The molecule has 1 heterocycles. The zero-order valence-corrected chi connectivity index (χ0v) is 29.8. The number of anilines is 1. The molecule has 0 N–H and O–H groups in total. The molecule has 0 saturated carbocycles. The second-order valence-corrected chi connectivity index (χ2v) is 22.4. The molecule has 0 spiro atoms. The SMILES string of the molecule is CC(C)Oc1ccc([N+](=O)[O-])cc1[CH]=[Ru]([Cl])([Cl])=[C]1N(c2c(C(C)C)cccc2C(C)C)C(C)(C)CC1(C)c1ccccc1. The van der Waals surface area contributed by atoms with Crippen LogP contribution in [0, 0.1) is 10.1 Å². The summed E-state index contributed by atoms with van der Waals surface area (Å²) in [7, 11) is 15.5. The number of rotatable bonds is 8. The van der Waals surface area contributed by atoms with Crippen LogP contribution in [0.25, 0.3) is 0 Å². The Morgan fingerprint density at radius 1 is 0.907 bits per heavy atom. The third kappa shape index (κ3) is 6.67. The van der Waals surface area contributed by atoms with Crippen molar-refractivity contribution in [1.29, 1.82) is 0 Å². The molecule has 1 fully saturated rings. The monoisotopic (exact) mass is 712 g/mol. The van der Waals surface area contributed by atoms with Crippen LogP contribution in [-0.4, -0.2) is 25.4 Å². The molecule has 234 valence electrons. The van der Waals surface area contributed by atoms with Gasteiger partial charge in [0.05, 0.1) is 0 Å². The van der Waals surface area contributed by atoms with Gasteiger partial charge in [-0.25, -0.2) is 0 Å². The fraction of sp³-hybridized carbons (Fsp3) is 0.429. The quantitative estimate of drug-likeness (QED) is 0.133. The summed E-state index contributed by atoms with van der Waals surface area (Å²) in [5.41, 5.74) is 4.50. The average Bonchev–Trinajstić information content (AvgIpc) is 3.15. The minimum atomic E-state index is -4.01. The summed E-state index contributed by atoms with van der Waals surface area (Å²) in [5.74, 6) is 1.07. The summed E-state index contributed by atoms with van der Waals surface area (Å²) in [4.78, 5) is 13.9. The van der Waals surface area contributed by atoms with Crippen LogP contribution in [0.3, 0.4) is 0 Å². The summed E-state index contributed by atoms with van der Waals surface area (Å²) in [5, 5.41) is 11.8. The van der Waals surface area contributed by atoms with Crippen molar-refractivity contribution in [2.45, 2.75) is 97.6 Å². The molecule has 0 radical (unpaired) electrons. The van der Waals surface area contributed by atoms with Gasteiger partial charge in [0.2, 0.25) is 0 Å². The fourth-order valence-corrected chi connectivity index (χ4v) is 14.0. The first-order chi connectivity index (χ1) is 20.0. The summed E-state index contributed by atoms with van der Waals surface area (Å²) in [6.07, 6.45) is 0.665. The van der Waals surface area contributed by atoms with E-state index in [1.165, 1.54) is 28.9 Å². The van der Waals surface area contributed by atoms with Crippen molar-refractivity contribution in [3.63, 3.8) is 0 Å². The predicted molar refractivity (Wildman–Crippen MR) is 180 cm³/mol. The van der Waals surface area contributed by atoms with Crippen molar-refractivity contribution in [3.05, 3.63) is 99.1 Å². The molecule has 1 saturated heterocycles. The Labute approximate surface area is 267 Å². The first-order valence-electron chi connectivity index (χ1n) is 14.8. The van der Waals surface area contributed by atoms with Crippen LogP contribution < -0.4 is 9.64 Å². The third-order valence-electron chi connectivity index (χ3n) is 8.03. The number of nitrogens with zero attached hydrogens (tertiary/aromatic N) is 2. The van der Waals surface area contributed by atoms with Crippen LogP contribution in [0.15, 0.2) is 66.7 Å². The molecular weight excluding hydrogens is 668 g/mol. The number of hydrogen-bond acceptors (Lipinski definition) is 4. The third-order valence-corrected chi connectivity index (χ3v) is 14.1. The number of nitro benzene ring substituents is 1. The Kier molecular flexibility index (Phi) is 9.77. The van der Waals surface area contributed by atoms with Gasteiger partial charge in [-0.1, -0.05) is 0 Å². The van der Waals surface area contributed by atoms with Crippen molar-refractivity contribution in [2.75, 3.05) is 4.90 Å². The van der Waals surface area contributed by atoms with E-state index in [9.17, 15) is 10.1 Å². The molecule has 0 bridgehead atoms. The number of para-hydroxylation sites is 1. The van der Waals surface area contributed by atoms with Crippen LogP contribution in [0.5, 0.6) is 5.75 Å². The van der Waals surface area contributed by atoms with Crippen LogP contribution in [0.2, 0.25) is 0 Å². The molecule has 1 aliphatic rings. The topological polar surface area (TPSA) is 55.6 Å². The molecule has 43 heavy (non-hydrogen) atoms. The van der Waals surface area contributed by atoms with E-state index >= 15 is 0 Å². The Morgan fingerprint density at radius 3 is 2.00 bits per heavy atom. The molecule has 8 heteroatoms. The van der Waals surface area contributed by atoms with Gasteiger partial charge in [0.25, 0.3) is 0 Å². The van der Waals surface area contributed by atoms with Crippen molar-refractivity contribution in [3.8, 4) is 5.75 Å². The van der Waals surface area contributed by atoms with E-state index in [0.29, 0.717) is 11.3 Å². The molecule has 1 aliphatic heterocycles. The van der Waals surface area contributed by atoms with Gasteiger partial charge in [0.15, 0.2) is 0 Å². The minimum absolute atomic E-state index is 0.0301. The summed E-state index contributed by atoms with van der Waals surface area (Å²) in [6, 6.07) is 21.7. The first kappa shape index (κ1) is 33.5. The van der Waals surface area contributed by atoms with E-state index in [1.54, 1.807) is 6.07 Å². The maximum absolute atomic E-state index is 11.8. The Hall–Kier alpha value is -2.40. The number of hydrogen-bond donors (Lipinski definition) is 0. The molecule has 3 aromatic carbocycles. The van der Waals surface area contributed by atoms with E-state index < -0.39 is 22.2 Å². The molecular formula is C35H44Cl2N2O3Ru. The van der Waals surface area contributed by atoms with Gasteiger partial charge in [-0.2, -0.15) is 0 Å². The normalized spacial score (nSPS) is 18.9. The van der Waals surface area contributed by atoms with E-state index in [1.807, 2.05) is 24.5 Å². The summed E-state index contributed by atoms with van der Waals surface area (Å²) >= 11 is -4.01. The molecule has 0 amide bonds. The van der Waals surface area contributed by atoms with Crippen molar-refractivity contribution in [1.82, 2.24) is 0 Å². The van der Waals surface area contributed by atoms with Crippen LogP contribution >= 0.6 is 19.4 Å². The average molecular weight is 713 g/mol. The second kappa shape index (κ2) is 12.5. The number of nitro groups is 1. The van der Waals surface area contributed by atoms with Crippen LogP contribution in [0.4, 0.5) is 11.4 Å². The zero-order valence-electron chi connectivity index (χ0n) is 26.6. The number of halogens is 2. The molecule has 1 unspecified atom stereocenters. The Balaban J connectivity index is 2.22. The maximum atomic E-state index is 11.8. The second-order valence-electron chi connectivity index (χ2n) is 13.1. The van der Waals surface area contributed by atoms with Crippen molar-refractivity contribution in [2.24, 2.45) is 0 Å². The molecule has 0 aliphatic carbocycles. The number of benzene rings is 3. The van der Waals surface area contributed by atoms with Crippen LogP contribution in [-0.2, 0) is 17.3 Å². The summed E-state index contributed by atoms with van der Waals surface area (Å²) < 4.78 is 8.99. The number of ether oxygens (including phenoxy) is 1. The number of non-ortho nitro benzene ring substituents is 1. The Bertz CT molecular complexity index is 1610. The Morgan fingerprint density at radius 2 is 1.49 bits per heavy atom. The van der Waals surface area contributed by atoms with E-state index in [2.05, 4.69) is 95.8 Å². The predicted octanol–water partition coefficient (Wildman–Crippen LogP) is 10.0. The van der Waals surface area contributed by atoms with Gasteiger partial charge >= 0.3 is 269 Å². The molecule has 5 nitrogen and oxygen atoms in total. The van der Waals surface area contributed by atoms with E-state index in [-0.39, 0.29) is 29.2 Å². The molecule has 1 atom stereocenters.